The zero-order valence-corrected chi connectivity index (χ0v) is 10.3. The predicted octanol–water partition coefficient (Wildman–Crippen LogP) is 1.74. The first kappa shape index (κ1) is 12.6. The molecule has 0 radical (unpaired) electrons. The summed E-state index contributed by atoms with van der Waals surface area (Å²) in [5, 5.41) is 12.1. The van der Waals surface area contributed by atoms with Crippen LogP contribution in [0.4, 0.5) is 0 Å². The molecule has 1 rings (SSSR count). The van der Waals surface area contributed by atoms with Crippen molar-refractivity contribution in [1.29, 1.82) is 0 Å². The van der Waals surface area contributed by atoms with Crippen molar-refractivity contribution in [3.63, 3.8) is 0 Å². The molecular weight excluding hydrogens is 208 g/mol. The van der Waals surface area contributed by atoms with Gasteiger partial charge in [0.15, 0.2) is 0 Å². The molecule has 0 aliphatic rings. The largest absolute Gasteiger partial charge is 0.396 e. The van der Waals surface area contributed by atoms with Crippen molar-refractivity contribution in [3.05, 3.63) is 16.1 Å². The van der Waals surface area contributed by atoms with Crippen molar-refractivity contribution in [3.8, 4) is 0 Å². The molecule has 3 nitrogen and oxygen atoms in total. The van der Waals surface area contributed by atoms with Gasteiger partial charge in [-0.15, -0.1) is 11.3 Å². The number of hydrogen-bond acceptors (Lipinski definition) is 4. The average Bonchev–Trinajstić information content (AvgIpc) is 2.61. The van der Waals surface area contributed by atoms with Crippen molar-refractivity contribution in [1.82, 2.24) is 10.3 Å². The van der Waals surface area contributed by atoms with E-state index in [1.807, 2.05) is 5.51 Å². The number of nitrogens with zero attached hydrogens (tertiary/aromatic N) is 1. The second kappa shape index (κ2) is 6.93. The molecule has 1 heterocycles. The maximum Gasteiger partial charge on any atom is 0.0797 e. The highest BCUT2D eigenvalue weighted by atomic mass is 32.1. The minimum atomic E-state index is 0.292. The summed E-state index contributed by atoms with van der Waals surface area (Å²) in [6.07, 6.45) is 2.98. The number of aliphatic hydroxyl groups excluding tert-OH is 1. The van der Waals surface area contributed by atoms with Crippen LogP contribution in [0.3, 0.4) is 0 Å². The van der Waals surface area contributed by atoms with E-state index in [2.05, 4.69) is 24.1 Å². The lowest BCUT2D eigenvalue weighted by Gasteiger charge is -2.12. The molecule has 0 bridgehead atoms. The number of thiazole rings is 1. The van der Waals surface area contributed by atoms with E-state index in [0.29, 0.717) is 12.6 Å². The summed E-state index contributed by atoms with van der Waals surface area (Å²) in [5.41, 5.74) is 3.06. The maximum atomic E-state index is 8.69. The minimum absolute atomic E-state index is 0.292. The third-order valence-electron chi connectivity index (χ3n) is 2.48. The SMILES string of the molecule is Cc1ncsc1CCNC(C)CCCO. The second-order valence-corrected chi connectivity index (χ2v) is 4.77. The number of nitrogens with one attached hydrogen (secondary N) is 1. The Bertz CT molecular complexity index is 275. The van der Waals surface area contributed by atoms with E-state index in [1.54, 1.807) is 11.3 Å². The first-order chi connectivity index (χ1) is 7.24. The molecule has 15 heavy (non-hydrogen) atoms. The molecule has 0 fully saturated rings. The lowest BCUT2D eigenvalue weighted by molar-refractivity contribution is 0.276. The predicted molar refractivity (Wildman–Crippen MR) is 64.3 cm³/mol. The monoisotopic (exact) mass is 228 g/mol. The van der Waals surface area contributed by atoms with Gasteiger partial charge < -0.3 is 10.4 Å². The molecule has 2 N–H and O–H groups in total. The smallest absolute Gasteiger partial charge is 0.0797 e. The Morgan fingerprint density at radius 2 is 2.40 bits per heavy atom. The third-order valence-corrected chi connectivity index (χ3v) is 3.48. The fraction of sp³-hybridized carbons (Fsp3) is 0.727. The molecule has 1 atom stereocenters. The van der Waals surface area contributed by atoms with Gasteiger partial charge in [0.2, 0.25) is 0 Å². The fourth-order valence-corrected chi connectivity index (χ4v) is 2.28. The molecule has 0 spiro atoms. The van der Waals surface area contributed by atoms with E-state index in [9.17, 15) is 0 Å². The summed E-state index contributed by atoms with van der Waals surface area (Å²) < 4.78 is 0. The molecule has 1 aromatic heterocycles. The van der Waals surface area contributed by atoms with Gasteiger partial charge in [-0.3, -0.25) is 0 Å². The maximum absolute atomic E-state index is 8.69. The Kier molecular flexibility index (Phi) is 5.83. The Hall–Kier alpha value is -0.450. The van der Waals surface area contributed by atoms with Gasteiger partial charge in [-0.05, 0) is 33.1 Å². The van der Waals surface area contributed by atoms with Crippen LogP contribution in [0.2, 0.25) is 0 Å². The van der Waals surface area contributed by atoms with Crippen LogP contribution in [-0.2, 0) is 6.42 Å². The third kappa shape index (κ3) is 4.73. The summed E-state index contributed by atoms with van der Waals surface area (Å²) in [6, 6.07) is 0.491. The van der Waals surface area contributed by atoms with Gasteiger partial charge >= 0.3 is 0 Å². The van der Waals surface area contributed by atoms with Crippen LogP contribution in [0.25, 0.3) is 0 Å². The number of rotatable bonds is 7. The van der Waals surface area contributed by atoms with Crippen LogP contribution in [-0.4, -0.2) is 29.3 Å². The summed E-state index contributed by atoms with van der Waals surface area (Å²) >= 11 is 1.73. The van der Waals surface area contributed by atoms with E-state index in [-0.39, 0.29) is 0 Å². The molecule has 86 valence electrons. The van der Waals surface area contributed by atoms with Crippen LogP contribution in [0.15, 0.2) is 5.51 Å². The molecule has 0 saturated carbocycles. The Labute approximate surface area is 95.6 Å². The Balaban J connectivity index is 2.13. The number of hydrogen-bond donors (Lipinski definition) is 2. The van der Waals surface area contributed by atoms with Crippen molar-refractivity contribution in [2.75, 3.05) is 13.2 Å². The van der Waals surface area contributed by atoms with Crippen LogP contribution in [0.5, 0.6) is 0 Å². The van der Waals surface area contributed by atoms with Gasteiger partial charge in [0.1, 0.15) is 0 Å². The normalized spacial score (nSPS) is 13.0. The molecule has 1 unspecified atom stereocenters. The molecule has 0 aromatic carbocycles. The number of aryl methyl sites for hydroxylation is 1. The van der Waals surface area contributed by atoms with Crippen LogP contribution in [0.1, 0.15) is 30.3 Å². The number of aromatic nitrogens is 1. The molecule has 0 aliphatic carbocycles. The molecule has 0 saturated heterocycles. The summed E-state index contributed by atoms with van der Waals surface area (Å²) in [6.45, 7) is 5.51. The highest BCUT2D eigenvalue weighted by molar-refractivity contribution is 7.09. The topological polar surface area (TPSA) is 45.2 Å². The summed E-state index contributed by atoms with van der Waals surface area (Å²) in [7, 11) is 0. The molecule has 1 aromatic rings. The minimum Gasteiger partial charge on any atom is -0.396 e. The van der Waals surface area contributed by atoms with Crippen LogP contribution >= 0.6 is 11.3 Å². The van der Waals surface area contributed by atoms with E-state index in [4.69, 9.17) is 5.11 Å². The summed E-state index contributed by atoms with van der Waals surface area (Å²) in [4.78, 5) is 5.59. The first-order valence-electron chi connectivity index (χ1n) is 5.47. The Morgan fingerprint density at radius 3 is 3.00 bits per heavy atom. The molecule has 4 heteroatoms. The zero-order chi connectivity index (χ0) is 11.1. The van der Waals surface area contributed by atoms with Gasteiger partial charge in [0, 0.05) is 24.1 Å². The van der Waals surface area contributed by atoms with Crippen molar-refractivity contribution >= 4 is 11.3 Å². The highest BCUT2D eigenvalue weighted by Gasteiger charge is 2.03. The second-order valence-electron chi connectivity index (χ2n) is 3.83. The zero-order valence-electron chi connectivity index (χ0n) is 9.49. The van der Waals surface area contributed by atoms with Gasteiger partial charge in [-0.25, -0.2) is 4.98 Å². The van der Waals surface area contributed by atoms with Crippen LogP contribution in [0, 0.1) is 6.92 Å². The first-order valence-corrected chi connectivity index (χ1v) is 6.35. The molecule has 0 amide bonds. The fourth-order valence-electron chi connectivity index (χ4n) is 1.50. The van der Waals surface area contributed by atoms with E-state index in [1.165, 1.54) is 4.88 Å². The van der Waals surface area contributed by atoms with Gasteiger partial charge in [0.25, 0.3) is 0 Å². The van der Waals surface area contributed by atoms with Crippen molar-refractivity contribution < 1.29 is 5.11 Å². The van der Waals surface area contributed by atoms with Gasteiger partial charge in [0.05, 0.1) is 11.2 Å². The van der Waals surface area contributed by atoms with Gasteiger partial charge in [-0.2, -0.15) is 0 Å². The van der Waals surface area contributed by atoms with Gasteiger partial charge in [-0.1, -0.05) is 0 Å². The lowest BCUT2D eigenvalue weighted by atomic mass is 10.2. The highest BCUT2D eigenvalue weighted by Crippen LogP contribution is 2.12. The molecular formula is C11H20N2OS. The van der Waals surface area contributed by atoms with E-state index < -0.39 is 0 Å². The Morgan fingerprint density at radius 1 is 1.60 bits per heavy atom. The molecule has 0 aliphatic heterocycles. The standard InChI is InChI=1S/C11H20N2OS/c1-9(4-3-7-14)12-6-5-11-10(2)13-8-15-11/h8-9,12,14H,3-7H2,1-2H3. The van der Waals surface area contributed by atoms with E-state index in [0.717, 1.165) is 31.5 Å². The van der Waals surface area contributed by atoms with Crippen LogP contribution < -0.4 is 5.32 Å². The lowest BCUT2D eigenvalue weighted by Crippen LogP contribution is -2.28. The number of aliphatic hydroxyl groups is 1. The quantitative estimate of drug-likeness (QED) is 0.747. The van der Waals surface area contributed by atoms with Crippen molar-refractivity contribution in [2.24, 2.45) is 0 Å². The summed E-state index contributed by atoms with van der Waals surface area (Å²) in [5.74, 6) is 0. The van der Waals surface area contributed by atoms with E-state index >= 15 is 0 Å². The average molecular weight is 228 g/mol. The van der Waals surface area contributed by atoms with Crippen molar-refractivity contribution in [2.45, 2.75) is 39.2 Å².